The number of benzene rings is 1. The maximum absolute atomic E-state index is 12.2. The number of nitrogens with one attached hydrogen (secondary N) is 1. The van der Waals surface area contributed by atoms with Crippen molar-refractivity contribution in [2.45, 2.75) is 17.7 Å². The zero-order valence-corrected chi connectivity index (χ0v) is 13.5. The molecule has 6 heteroatoms. The molecular formula is C15H20N2O2S2. The lowest BCUT2D eigenvalue weighted by Crippen LogP contribution is -2.29. The molecule has 1 fully saturated rings. The van der Waals surface area contributed by atoms with Gasteiger partial charge >= 0.3 is 0 Å². The molecule has 1 aliphatic rings. The second-order valence-electron chi connectivity index (χ2n) is 5.21. The highest BCUT2D eigenvalue weighted by Crippen LogP contribution is 2.21. The first-order chi connectivity index (χ1) is 10.1. The third kappa shape index (κ3) is 5.03. The zero-order valence-electron chi connectivity index (χ0n) is 11.9. The molecule has 0 atom stereocenters. The molecule has 1 saturated heterocycles. The smallest absolute Gasteiger partial charge is 0.179 e. The van der Waals surface area contributed by atoms with Crippen molar-refractivity contribution in [3.8, 4) is 6.07 Å². The van der Waals surface area contributed by atoms with Gasteiger partial charge in [0.15, 0.2) is 9.84 Å². The first-order valence-corrected chi connectivity index (χ1v) is 9.94. The third-order valence-corrected chi connectivity index (χ3v) is 6.44. The van der Waals surface area contributed by atoms with Gasteiger partial charge in [-0.3, -0.25) is 0 Å². The van der Waals surface area contributed by atoms with E-state index in [2.05, 4.69) is 5.32 Å². The lowest BCUT2D eigenvalue weighted by atomic mass is 10.0. The summed E-state index contributed by atoms with van der Waals surface area (Å²) >= 11 is 2.00. The van der Waals surface area contributed by atoms with E-state index in [0.29, 0.717) is 18.0 Å². The summed E-state index contributed by atoms with van der Waals surface area (Å²) in [4.78, 5) is 0.289. The average molecular weight is 324 g/mol. The van der Waals surface area contributed by atoms with Gasteiger partial charge in [0.2, 0.25) is 0 Å². The van der Waals surface area contributed by atoms with Crippen LogP contribution in [0.4, 0.5) is 0 Å². The van der Waals surface area contributed by atoms with Crippen molar-refractivity contribution in [3.05, 3.63) is 29.8 Å². The van der Waals surface area contributed by atoms with E-state index in [1.807, 2.05) is 17.8 Å². The van der Waals surface area contributed by atoms with Crippen LogP contribution in [-0.4, -0.2) is 38.8 Å². The van der Waals surface area contributed by atoms with Crippen LogP contribution in [0.1, 0.15) is 18.4 Å². The maximum Gasteiger partial charge on any atom is 0.179 e. The molecule has 0 spiro atoms. The van der Waals surface area contributed by atoms with Gasteiger partial charge < -0.3 is 5.32 Å². The van der Waals surface area contributed by atoms with Crippen LogP contribution in [0.15, 0.2) is 29.2 Å². The number of hydrogen-bond acceptors (Lipinski definition) is 5. The molecule has 1 aromatic rings. The van der Waals surface area contributed by atoms with Crippen LogP contribution in [0.3, 0.4) is 0 Å². The van der Waals surface area contributed by atoms with Crippen LogP contribution in [0.25, 0.3) is 0 Å². The first kappa shape index (κ1) is 16.3. The van der Waals surface area contributed by atoms with Crippen molar-refractivity contribution < 1.29 is 8.42 Å². The van der Waals surface area contributed by atoms with E-state index in [1.54, 1.807) is 12.1 Å². The van der Waals surface area contributed by atoms with Gasteiger partial charge in [0, 0.05) is 6.54 Å². The Hall–Kier alpha value is -1.03. The lowest BCUT2D eigenvalue weighted by Gasteiger charge is -2.21. The summed E-state index contributed by atoms with van der Waals surface area (Å²) in [5.41, 5.74) is 0.474. The van der Waals surface area contributed by atoms with Crippen molar-refractivity contribution in [1.82, 2.24) is 5.32 Å². The molecule has 1 N–H and O–H groups in total. The molecule has 0 bridgehead atoms. The highest BCUT2D eigenvalue weighted by Gasteiger charge is 2.16. The Morgan fingerprint density at radius 3 is 2.52 bits per heavy atom. The van der Waals surface area contributed by atoms with Gasteiger partial charge in [0.05, 0.1) is 22.3 Å². The van der Waals surface area contributed by atoms with Crippen molar-refractivity contribution >= 4 is 21.6 Å². The Morgan fingerprint density at radius 2 is 1.90 bits per heavy atom. The summed E-state index contributed by atoms with van der Waals surface area (Å²) < 4.78 is 24.3. The number of hydrogen-bond donors (Lipinski definition) is 1. The second kappa shape index (κ2) is 7.83. The predicted molar refractivity (Wildman–Crippen MR) is 86.1 cm³/mol. The number of thioether (sulfide) groups is 1. The number of nitriles is 1. The van der Waals surface area contributed by atoms with Crippen LogP contribution in [0.2, 0.25) is 0 Å². The Labute approximate surface area is 130 Å². The Kier molecular flexibility index (Phi) is 6.09. The average Bonchev–Trinajstić information content (AvgIpc) is 2.53. The minimum atomic E-state index is -3.26. The number of nitrogens with zero attached hydrogens (tertiary/aromatic N) is 1. The fourth-order valence-electron chi connectivity index (χ4n) is 2.32. The van der Waals surface area contributed by atoms with Gasteiger partial charge in [-0.1, -0.05) is 0 Å². The topological polar surface area (TPSA) is 70.0 Å². The molecule has 0 unspecified atom stereocenters. The van der Waals surface area contributed by atoms with Crippen molar-refractivity contribution in [2.75, 3.05) is 30.3 Å². The van der Waals surface area contributed by atoms with Gasteiger partial charge in [-0.15, -0.1) is 0 Å². The van der Waals surface area contributed by atoms with Gasteiger partial charge in [-0.2, -0.15) is 17.0 Å². The summed E-state index contributed by atoms with van der Waals surface area (Å²) in [5.74, 6) is 3.22. The minimum Gasteiger partial charge on any atom is -0.315 e. The maximum atomic E-state index is 12.2. The monoisotopic (exact) mass is 324 g/mol. The van der Waals surface area contributed by atoms with Crippen molar-refractivity contribution in [3.63, 3.8) is 0 Å². The van der Waals surface area contributed by atoms with Gasteiger partial charge in [-0.25, -0.2) is 8.42 Å². The normalized spacial score (nSPS) is 16.5. The van der Waals surface area contributed by atoms with Crippen molar-refractivity contribution in [2.24, 2.45) is 5.92 Å². The summed E-state index contributed by atoms with van der Waals surface area (Å²) in [6.45, 7) is 1.38. The van der Waals surface area contributed by atoms with E-state index in [4.69, 9.17) is 5.26 Å². The van der Waals surface area contributed by atoms with Crippen LogP contribution in [-0.2, 0) is 9.84 Å². The molecule has 1 aliphatic heterocycles. The molecule has 1 aromatic carbocycles. The van der Waals surface area contributed by atoms with Gasteiger partial charge in [0.25, 0.3) is 0 Å². The summed E-state index contributed by atoms with van der Waals surface area (Å²) in [7, 11) is -3.26. The van der Waals surface area contributed by atoms with E-state index in [9.17, 15) is 8.42 Å². The third-order valence-electron chi connectivity index (χ3n) is 3.66. The molecule has 0 aliphatic carbocycles. The molecule has 0 saturated carbocycles. The number of sulfone groups is 1. The predicted octanol–water partition coefficient (Wildman–Crippen LogP) is 2.06. The van der Waals surface area contributed by atoms with E-state index < -0.39 is 9.84 Å². The quantitative estimate of drug-likeness (QED) is 0.811. The van der Waals surface area contributed by atoms with Crippen LogP contribution in [0.5, 0.6) is 0 Å². The molecule has 0 aromatic heterocycles. The second-order valence-corrected chi connectivity index (χ2v) is 8.55. The number of rotatable bonds is 6. The Balaban J connectivity index is 1.79. The molecule has 114 valence electrons. The van der Waals surface area contributed by atoms with E-state index in [1.165, 1.54) is 36.5 Å². The van der Waals surface area contributed by atoms with Crippen LogP contribution >= 0.6 is 11.8 Å². The molecule has 2 rings (SSSR count). The fraction of sp³-hybridized carbons (Fsp3) is 0.533. The highest BCUT2D eigenvalue weighted by atomic mass is 32.2. The van der Waals surface area contributed by atoms with E-state index >= 15 is 0 Å². The Morgan fingerprint density at radius 1 is 1.24 bits per heavy atom. The van der Waals surface area contributed by atoms with Crippen LogP contribution in [0, 0.1) is 17.2 Å². The summed E-state index contributed by atoms with van der Waals surface area (Å²) in [5, 5.41) is 12.0. The van der Waals surface area contributed by atoms with Crippen molar-refractivity contribution in [1.29, 1.82) is 5.26 Å². The van der Waals surface area contributed by atoms with Gasteiger partial charge in [0.1, 0.15) is 0 Å². The summed E-state index contributed by atoms with van der Waals surface area (Å²) in [6.07, 6.45) is 2.44. The SMILES string of the molecule is N#Cc1ccc(S(=O)(=O)CCNCC2CCSCC2)cc1. The standard InChI is InChI=1S/C15H20N2O2S2/c16-11-13-1-3-15(4-2-13)21(18,19)10-7-17-12-14-5-8-20-9-6-14/h1-4,14,17H,5-10,12H2. The minimum absolute atomic E-state index is 0.0976. The van der Waals surface area contributed by atoms with Crippen LogP contribution < -0.4 is 5.32 Å². The zero-order chi connectivity index (χ0) is 15.1. The molecule has 4 nitrogen and oxygen atoms in total. The molecule has 1 heterocycles. The van der Waals surface area contributed by atoms with Gasteiger partial charge in [-0.05, 0) is 61.1 Å². The fourth-order valence-corrected chi connectivity index (χ4v) is 4.72. The Bertz CT molecular complexity index is 585. The van der Waals surface area contributed by atoms with E-state index in [-0.39, 0.29) is 10.6 Å². The molecule has 21 heavy (non-hydrogen) atoms. The first-order valence-electron chi connectivity index (χ1n) is 7.13. The lowest BCUT2D eigenvalue weighted by molar-refractivity contribution is 0.454. The highest BCUT2D eigenvalue weighted by molar-refractivity contribution is 7.99. The molecule has 0 amide bonds. The van der Waals surface area contributed by atoms with E-state index in [0.717, 1.165) is 6.54 Å². The largest absolute Gasteiger partial charge is 0.315 e. The molecular weight excluding hydrogens is 304 g/mol. The molecule has 0 radical (unpaired) electrons. The summed E-state index contributed by atoms with van der Waals surface area (Å²) in [6, 6.07) is 8.08.